The Bertz CT molecular complexity index is 866. The first-order valence-electron chi connectivity index (χ1n) is 7.82. The number of carbonyl (C=O) groups excluding carboxylic acids is 1. The third-order valence-corrected chi connectivity index (χ3v) is 4.50. The second kappa shape index (κ2) is 5.13. The van der Waals surface area contributed by atoms with Crippen LogP contribution >= 0.6 is 0 Å². The Morgan fingerprint density at radius 3 is 2.48 bits per heavy atom. The highest BCUT2D eigenvalue weighted by Crippen LogP contribution is 2.40. The topological polar surface area (TPSA) is 31.2 Å². The highest BCUT2D eigenvalue weighted by atomic mass is 16.5. The fraction of sp³-hybridized carbons (Fsp3) is 0.150. The molecule has 0 bridgehead atoms. The van der Waals surface area contributed by atoms with E-state index in [4.69, 9.17) is 4.74 Å². The van der Waals surface area contributed by atoms with Crippen molar-refractivity contribution in [1.82, 2.24) is 4.57 Å². The normalized spacial score (nSPS) is 19.4. The first-order valence-corrected chi connectivity index (χ1v) is 7.82. The molecular weight excluding hydrogens is 286 g/mol. The van der Waals surface area contributed by atoms with Gasteiger partial charge in [-0.15, -0.1) is 0 Å². The van der Waals surface area contributed by atoms with Crippen LogP contribution in [-0.2, 0) is 5.60 Å². The van der Waals surface area contributed by atoms with Crippen molar-refractivity contribution in [3.05, 3.63) is 84.2 Å². The molecule has 2 heterocycles. The monoisotopic (exact) mass is 303 g/mol. The second-order valence-electron chi connectivity index (χ2n) is 5.71. The quantitative estimate of drug-likeness (QED) is 0.704. The molecule has 1 aliphatic rings. The molecule has 1 atom stereocenters. The van der Waals surface area contributed by atoms with Gasteiger partial charge in [0.1, 0.15) is 5.75 Å². The molecule has 0 unspecified atom stereocenters. The Hall–Kier alpha value is -2.81. The highest BCUT2D eigenvalue weighted by molar-refractivity contribution is 6.03. The van der Waals surface area contributed by atoms with Crippen molar-refractivity contribution in [2.45, 2.75) is 18.9 Å². The van der Waals surface area contributed by atoms with Crippen LogP contribution in [0.5, 0.6) is 5.75 Å². The summed E-state index contributed by atoms with van der Waals surface area (Å²) in [5.41, 5.74) is 1.44. The summed E-state index contributed by atoms with van der Waals surface area (Å²) >= 11 is 0. The number of benzene rings is 2. The lowest BCUT2D eigenvalue weighted by molar-refractivity contribution is 0.0424. The Balaban J connectivity index is 2.02. The van der Waals surface area contributed by atoms with Crippen LogP contribution in [-0.4, -0.2) is 10.4 Å². The molecule has 0 saturated heterocycles. The minimum absolute atomic E-state index is 0.00704. The van der Waals surface area contributed by atoms with E-state index in [2.05, 4.69) is 0 Å². The standard InChI is InChI=1S/C20H17NO2/c1-2-20(15-9-4-3-5-10-15)19(22)17-12-8-14-21(17)16-11-6-7-13-18(16)23-20/h3-14H,2H2,1H3/t20-/m1/s1. The molecule has 0 aliphatic carbocycles. The first kappa shape index (κ1) is 13.8. The van der Waals surface area contributed by atoms with Gasteiger partial charge in [-0.2, -0.15) is 0 Å². The van der Waals surface area contributed by atoms with Crippen molar-refractivity contribution < 1.29 is 9.53 Å². The number of hydrogen-bond acceptors (Lipinski definition) is 2. The molecule has 23 heavy (non-hydrogen) atoms. The minimum Gasteiger partial charge on any atom is -0.472 e. The summed E-state index contributed by atoms with van der Waals surface area (Å²) in [5, 5.41) is 0. The lowest BCUT2D eigenvalue weighted by Crippen LogP contribution is -2.41. The highest BCUT2D eigenvalue weighted by Gasteiger charge is 2.45. The van der Waals surface area contributed by atoms with Crippen LogP contribution in [0.4, 0.5) is 0 Å². The van der Waals surface area contributed by atoms with E-state index < -0.39 is 5.60 Å². The number of aromatic nitrogens is 1. The number of Topliss-reactive ketones (excluding diaryl/α,β-unsaturated/α-hetero) is 1. The average Bonchev–Trinajstić information content (AvgIpc) is 3.06. The van der Waals surface area contributed by atoms with E-state index in [0.717, 1.165) is 17.0 Å². The zero-order valence-electron chi connectivity index (χ0n) is 12.9. The van der Waals surface area contributed by atoms with Crippen LogP contribution in [0.25, 0.3) is 5.69 Å². The molecule has 0 amide bonds. The Kier molecular flexibility index (Phi) is 3.08. The summed E-state index contributed by atoms with van der Waals surface area (Å²) in [6.07, 6.45) is 2.47. The molecule has 3 nitrogen and oxygen atoms in total. The summed E-state index contributed by atoms with van der Waals surface area (Å²) < 4.78 is 8.28. The molecule has 3 heteroatoms. The zero-order chi connectivity index (χ0) is 15.9. The van der Waals surface area contributed by atoms with Crippen molar-refractivity contribution in [2.24, 2.45) is 0 Å². The van der Waals surface area contributed by atoms with Crippen molar-refractivity contribution in [1.29, 1.82) is 0 Å². The predicted molar refractivity (Wildman–Crippen MR) is 89.1 cm³/mol. The molecule has 0 spiro atoms. The maximum absolute atomic E-state index is 13.4. The molecule has 114 valence electrons. The van der Waals surface area contributed by atoms with E-state index in [1.807, 2.05) is 84.4 Å². The number of hydrogen-bond donors (Lipinski definition) is 0. The second-order valence-corrected chi connectivity index (χ2v) is 5.71. The van der Waals surface area contributed by atoms with Gasteiger partial charge in [-0.05, 0) is 30.7 Å². The summed E-state index contributed by atoms with van der Waals surface area (Å²) in [6.45, 7) is 1.99. The van der Waals surface area contributed by atoms with Crippen molar-refractivity contribution in [3.8, 4) is 11.4 Å². The van der Waals surface area contributed by atoms with Crippen LogP contribution in [0, 0.1) is 0 Å². The van der Waals surface area contributed by atoms with Gasteiger partial charge in [0.15, 0.2) is 5.60 Å². The number of carbonyl (C=O) groups is 1. The van der Waals surface area contributed by atoms with Gasteiger partial charge in [-0.25, -0.2) is 0 Å². The molecule has 0 saturated carbocycles. The number of nitrogens with zero attached hydrogens (tertiary/aromatic N) is 1. The van der Waals surface area contributed by atoms with Gasteiger partial charge in [-0.1, -0.05) is 49.4 Å². The zero-order valence-corrected chi connectivity index (χ0v) is 12.9. The van der Waals surface area contributed by atoms with Crippen LogP contribution in [0.3, 0.4) is 0 Å². The van der Waals surface area contributed by atoms with Crippen LogP contribution in [0.2, 0.25) is 0 Å². The predicted octanol–water partition coefficient (Wildman–Crippen LogP) is 4.36. The molecule has 3 aromatic rings. The number of ether oxygens (including phenoxy) is 1. The molecule has 1 aromatic heterocycles. The number of rotatable bonds is 2. The smallest absolute Gasteiger partial charge is 0.227 e. The van der Waals surface area contributed by atoms with E-state index in [1.54, 1.807) is 0 Å². The van der Waals surface area contributed by atoms with E-state index in [0.29, 0.717) is 12.1 Å². The van der Waals surface area contributed by atoms with Crippen molar-refractivity contribution in [3.63, 3.8) is 0 Å². The Labute approximate surface area is 135 Å². The maximum Gasteiger partial charge on any atom is 0.227 e. The fourth-order valence-electron chi connectivity index (χ4n) is 3.29. The Morgan fingerprint density at radius 1 is 0.957 bits per heavy atom. The molecule has 0 radical (unpaired) electrons. The third-order valence-electron chi connectivity index (χ3n) is 4.50. The lowest BCUT2D eigenvalue weighted by Gasteiger charge is -2.31. The summed E-state index contributed by atoms with van der Waals surface area (Å²) in [5.74, 6) is 0.717. The van der Waals surface area contributed by atoms with E-state index in [1.165, 1.54) is 0 Å². The SMILES string of the molecule is CC[C@]1(c2ccccc2)Oc2ccccc2-n2cccc2C1=O. The van der Waals surface area contributed by atoms with Crippen LogP contribution < -0.4 is 4.74 Å². The third kappa shape index (κ3) is 1.93. The summed E-state index contributed by atoms with van der Waals surface area (Å²) in [6, 6.07) is 21.3. The Morgan fingerprint density at radius 2 is 1.70 bits per heavy atom. The molecule has 2 aromatic carbocycles. The van der Waals surface area contributed by atoms with Gasteiger partial charge >= 0.3 is 0 Å². The van der Waals surface area contributed by atoms with Gasteiger partial charge in [0.2, 0.25) is 5.78 Å². The number of ketones is 1. The van der Waals surface area contributed by atoms with Crippen LogP contribution in [0.1, 0.15) is 29.4 Å². The number of fused-ring (bicyclic) bond motifs is 3. The maximum atomic E-state index is 13.4. The summed E-state index contributed by atoms with van der Waals surface area (Å²) in [7, 11) is 0. The van der Waals surface area contributed by atoms with Gasteiger partial charge in [0.05, 0.1) is 11.4 Å². The molecule has 1 aliphatic heterocycles. The van der Waals surface area contributed by atoms with Gasteiger partial charge in [0.25, 0.3) is 0 Å². The summed E-state index contributed by atoms with van der Waals surface area (Å²) in [4.78, 5) is 13.4. The first-order chi connectivity index (χ1) is 11.3. The molecule has 0 fully saturated rings. The van der Waals surface area contributed by atoms with Gasteiger partial charge in [-0.3, -0.25) is 4.79 Å². The van der Waals surface area contributed by atoms with Gasteiger partial charge in [0, 0.05) is 11.8 Å². The van der Waals surface area contributed by atoms with E-state index in [9.17, 15) is 4.79 Å². The fourth-order valence-corrected chi connectivity index (χ4v) is 3.29. The van der Waals surface area contributed by atoms with Crippen molar-refractivity contribution >= 4 is 5.78 Å². The number of para-hydroxylation sites is 2. The van der Waals surface area contributed by atoms with Crippen LogP contribution in [0.15, 0.2) is 72.9 Å². The lowest BCUT2D eigenvalue weighted by atomic mass is 9.85. The molecular formula is C20H17NO2. The van der Waals surface area contributed by atoms with Crippen molar-refractivity contribution in [2.75, 3.05) is 0 Å². The molecule has 4 rings (SSSR count). The minimum atomic E-state index is -0.996. The average molecular weight is 303 g/mol. The molecule has 0 N–H and O–H groups in total. The largest absolute Gasteiger partial charge is 0.472 e. The van der Waals surface area contributed by atoms with Gasteiger partial charge < -0.3 is 9.30 Å². The van der Waals surface area contributed by atoms with E-state index >= 15 is 0 Å². The van der Waals surface area contributed by atoms with E-state index in [-0.39, 0.29) is 5.78 Å².